The van der Waals surface area contributed by atoms with Crippen LogP contribution in [0.2, 0.25) is 0 Å². The van der Waals surface area contributed by atoms with Crippen molar-refractivity contribution in [2.45, 2.75) is 20.0 Å². The lowest BCUT2D eigenvalue weighted by molar-refractivity contribution is -0.144. The average molecular weight is 273 g/mol. The fourth-order valence-corrected chi connectivity index (χ4v) is 1.88. The van der Waals surface area contributed by atoms with E-state index in [4.69, 9.17) is 10.5 Å². The fraction of sp³-hybridized carbons (Fsp3) is 0.188. The topological polar surface area (TPSA) is 52.3 Å². The van der Waals surface area contributed by atoms with Crippen molar-refractivity contribution in [2.24, 2.45) is 0 Å². The molecule has 0 spiro atoms. The Bertz CT molecular complexity index is 626. The van der Waals surface area contributed by atoms with Gasteiger partial charge < -0.3 is 10.5 Å². The van der Waals surface area contributed by atoms with Crippen molar-refractivity contribution in [1.82, 2.24) is 0 Å². The molecule has 2 aromatic rings. The number of benzene rings is 2. The smallest absolute Gasteiger partial charge is 0.310 e. The summed E-state index contributed by atoms with van der Waals surface area (Å²) in [4.78, 5) is 11.8. The summed E-state index contributed by atoms with van der Waals surface area (Å²) in [7, 11) is 0. The highest BCUT2D eigenvalue weighted by atomic mass is 19.1. The number of anilines is 1. The van der Waals surface area contributed by atoms with E-state index in [1.165, 1.54) is 12.1 Å². The first-order chi connectivity index (χ1) is 9.56. The van der Waals surface area contributed by atoms with Gasteiger partial charge in [0.15, 0.2) is 0 Å². The first-order valence-corrected chi connectivity index (χ1v) is 6.30. The molecule has 0 aromatic heterocycles. The van der Waals surface area contributed by atoms with Crippen LogP contribution in [0.25, 0.3) is 0 Å². The van der Waals surface area contributed by atoms with Crippen LogP contribution in [-0.4, -0.2) is 5.97 Å². The summed E-state index contributed by atoms with van der Waals surface area (Å²) in [5, 5.41) is 0. The second-order valence-corrected chi connectivity index (χ2v) is 4.61. The molecule has 0 fully saturated rings. The van der Waals surface area contributed by atoms with Crippen molar-refractivity contribution in [3.05, 3.63) is 65.0 Å². The maximum Gasteiger partial charge on any atom is 0.310 e. The maximum absolute atomic E-state index is 13.0. The molecular weight excluding hydrogens is 257 g/mol. The van der Waals surface area contributed by atoms with Crippen molar-refractivity contribution in [3.8, 4) is 0 Å². The lowest BCUT2D eigenvalue weighted by atomic mass is 10.1. The van der Waals surface area contributed by atoms with Gasteiger partial charge in [-0.05, 0) is 41.8 Å². The third-order valence-electron chi connectivity index (χ3n) is 3.08. The second kappa shape index (κ2) is 6.19. The van der Waals surface area contributed by atoms with E-state index < -0.39 is 0 Å². The van der Waals surface area contributed by atoms with Crippen LogP contribution in [0.3, 0.4) is 0 Å². The lowest BCUT2D eigenvalue weighted by Crippen LogP contribution is -2.10. The maximum atomic E-state index is 13.0. The summed E-state index contributed by atoms with van der Waals surface area (Å²) in [5.41, 5.74) is 8.64. The van der Waals surface area contributed by atoms with Crippen LogP contribution in [0, 0.1) is 12.7 Å². The Morgan fingerprint density at radius 2 is 1.95 bits per heavy atom. The van der Waals surface area contributed by atoms with Gasteiger partial charge in [0.1, 0.15) is 12.4 Å². The van der Waals surface area contributed by atoms with Crippen LogP contribution < -0.4 is 5.73 Å². The van der Waals surface area contributed by atoms with Crippen LogP contribution in [0.15, 0.2) is 42.5 Å². The molecule has 3 nitrogen and oxygen atoms in total. The molecule has 0 aliphatic heterocycles. The zero-order valence-corrected chi connectivity index (χ0v) is 11.2. The van der Waals surface area contributed by atoms with E-state index in [1.807, 2.05) is 12.1 Å². The summed E-state index contributed by atoms with van der Waals surface area (Å²) in [6.45, 7) is 1.92. The van der Waals surface area contributed by atoms with Crippen LogP contribution in [0.1, 0.15) is 16.7 Å². The summed E-state index contributed by atoms with van der Waals surface area (Å²) in [5.74, 6) is -0.652. The molecule has 0 amide bonds. The van der Waals surface area contributed by atoms with Gasteiger partial charge in [-0.2, -0.15) is 0 Å². The number of aryl methyl sites for hydroxylation is 1. The van der Waals surface area contributed by atoms with Crippen LogP contribution in [0.4, 0.5) is 10.1 Å². The second-order valence-electron chi connectivity index (χ2n) is 4.61. The number of rotatable bonds is 4. The summed E-state index contributed by atoms with van der Waals surface area (Å²) in [6, 6.07) is 11.6. The SMILES string of the molecule is Cc1cc(F)ccc1COC(=O)Cc1ccccc1N. The Kier molecular flexibility index (Phi) is 4.35. The molecule has 0 aliphatic rings. The largest absolute Gasteiger partial charge is 0.461 e. The van der Waals surface area contributed by atoms with Gasteiger partial charge in [0.05, 0.1) is 6.42 Å². The molecule has 2 aromatic carbocycles. The van der Waals surface area contributed by atoms with Crippen molar-refractivity contribution < 1.29 is 13.9 Å². The summed E-state index contributed by atoms with van der Waals surface area (Å²) < 4.78 is 18.1. The standard InChI is InChI=1S/C16H16FNO2/c1-11-8-14(17)7-6-13(11)10-20-16(19)9-12-4-2-3-5-15(12)18/h2-8H,9-10,18H2,1H3. The molecular formula is C16H16FNO2. The molecule has 4 heteroatoms. The predicted molar refractivity (Wildman–Crippen MR) is 75.5 cm³/mol. The highest BCUT2D eigenvalue weighted by molar-refractivity contribution is 5.74. The summed E-state index contributed by atoms with van der Waals surface area (Å²) >= 11 is 0. The molecule has 0 atom stereocenters. The van der Waals surface area contributed by atoms with Gasteiger partial charge >= 0.3 is 5.97 Å². The predicted octanol–water partition coefficient (Wildman–Crippen LogP) is 3.00. The number of hydrogen-bond acceptors (Lipinski definition) is 3. The first-order valence-electron chi connectivity index (χ1n) is 6.30. The lowest BCUT2D eigenvalue weighted by Gasteiger charge is -2.08. The molecule has 20 heavy (non-hydrogen) atoms. The minimum absolute atomic E-state index is 0.132. The fourth-order valence-electron chi connectivity index (χ4n) is 1.88. The third kappa shape index (κ3) is 3.57. The van der Waals surface area contributed by atoms with Gasteiger partial charge in [0.25, 0.3) is 0 Å². The highest BCUT2D eigenvalue weighted by Crippen LogP contribution is 2.14. The van der Waals surface area contributed by atoms with Crippen molar-refractivity contribution in [1.29, 1.82) is 0 Å². The van der Waals surface area contributed by atoms with E-state index in [-0.39, 0.29) is 24.8 Å². The molecule has 0 aliphatic carbocycles. The van der Waals surface area contributed by atoms with Gasteiger partial charge in [0.2, 0.25) is 0 Å². The van der Waals surface area contributed by atoms with E-state index in [0.29, 0.717) is 5.69 Å². The average Bonchev–Trinajstić information content (AvgIpc) is 2.40. The van der Waals surface area contributed by atoms with Crippen LogP contribution in [-0.2, 0) is 22.6 Å². The van der Waals surface area contributed by atoms with Gasteiger partial charge in [-0.3, -0.25) is 4.79 Å². The van der Waals surface area contributed by atoms with Gasteiger partial charge in [-0.25, -0.2) is 4.39 Å². The number of nitrogen functional groups attached to an aromatic ring is 1. The number of halogens is 1. The molecule has 0 heterocycles. The van der Waals surface area contributed by atoms with Gasteiger partial charge in [-0.1, -0.05) is 24.3 Å². The Morgan fingerprint density at radius 1 is 1.20 bits per heavy atom. The van der Waals surface area contributed by atoms with E-state index in [0.717, 1.165) is 16.7 Å². The molecule has 0 saturated heterocycles. The Labute approximate surface area is 117 Å². The molecule has 0 bridgehead atoms. The van der Waals surface area contributed by atoms with Crippen molar-refractivity contribution in [3.63, 3.8) is 0 Å². The minimum Gasteiger partial charge on any atom is -0.461 e. The quantitative estimate of drug-likeness (QED) is 0.688. The zero-order chi connectivity index (χ0) is 14.5. The third-order valence-corrected chi connectivity index (χ3v) is 3.08. The van der Waals surface area contributed by atoms with Crippen LogP contribution >= 0.6 is 0 Å². The summed E-state index contributed by atoms with van der Waals surface area (Å²) in [6.07, 6.45) is 0.132. The van der Waals surface area contributed by atoms with E-state index in [1.54, 1.807) is 25.1 Å². The van der Waals surface area contributed by atoms with Crippen molar-refractivity contribution >= 4 is 11.7 Å². The van der Waals surface area contributed by atoms with Gasteiger partial charge in [-0.15, -0.1) is 0 Å². The molecule has 0 saturated carbocycles. The first kappa shape index (κ1) is 14.1. The normalized spacial score (nSPS) is 10.3. The van der Waals surface area contributed by atoms with E-state index >= 15 is 0 Å². The van der Waals surface area contributed by atoms with Crippen molar-refractivity contribution in [2.75, 3.05) is 5.73 Å². The highest BCUT2D eigenvalue weighted by Gasteiger charge is 2.08. The molecule has 104 valence electrons. The zero-order valence-electron chi connectivity index (χ0n) is 11.2. The number of ether oxygens (including phenoxy) is 1. The number of esters is 1. The van der Waals surface area contributed by atoms with Crippen LogP contribution in [0.5, 0.6) is 0 Å². The molecule has 0 unspecified atom stereocenters. The molecule has 2 N–H and O–H groups in total. The Morgan fingerprint density at radius 3 is 2.65 bits per heavy atom. The Hall–Kier alpha value is -2.36. The number of carbonyl (C=O) groups is 1. The minimum atomic E-state index is -0.355. The van der Waals surface area contributed by atoms with Gasteiger partial charge in [0, 0.05) is 5.69 Å². The molecule has 2 rings (SSSR count). The number of nitrogens with two attached hydrogens (primary N) is 1. The molecule has 0 radical (unpaired) electrons. The van der Waals surface area contributed by atoms with E-state index in [9.17, 15) is 9.18 Å². The Balaban J connectivity index is 1.94. The monoisotopic (exact) mass is 273 g/mol. The number of para-hydroxylation sites is 1. The van der Waals surface area contributed by atoms with E-state index in [2.05, 4.69) is 0 Å². The number of hydrogen-bond donors (Lipinski definition) is 1. The number of carbonyl (C=O) groups excluding carboxylic acids is 1.